The van der Waals surface area contributed by atoms with Crippen molar-refractivity contribution in [3.05, 3.63) is 48.0 Å². The smallest absolute Gasteiger partial charge is 0.191 e. The fourth-order valence-corrected chi connectivity index (χ4v) is 3.41. The second-order valence-electron chi connectivity index (χ2n) is 7.39. The Kier molecular flexibility index (Phi) is 10.7. The number of nitrogens with one attached hydrogen (secondary N) is 2. The zero-order valence-electron chi connectivity index (χ0n) is 17.5. The molecule has 2 aromatic rings. The number of benzene rings is 2. The minimum absolute atomic E-state index is 0. The summed E-state index contributed by atoms with van der Waals surface area (Å²) in [4.78, 5) is 4.70. The third-order valence-corrected chi connectivity index (χ3v) is 5.07. The van der Waals surface area contributed by atoms with Crippen LogP contribution < -0.4 is 10.6 Å². The first kappa shape index (κ1) is 23.9. The first-order valence-electron chi connectivity index (χ1n) is 10.5. The normalized spacial score (nSPS) is 17.7. The summed E-state index contributed by atoms with van der Waals surface area (Å²) in [6.45, 7) is 9.13. The molecule has 0 radical (unpaired) electrons. The van der Waals surface area contributed by atoms with Gasteiger partial charge in [-0.2, -0.15) is 0 Å². The van der Waals surface area contributed by atoms with Crippen molar-refractivity contribution in [3.63, 3.8) is 0 Å². The molecule has 1 fully saturated rings. The summed E-state index contributed by atoms with van der Waals surface area (Å²) in [6, 6.07) is 15.2. The van der Waals surface area contributed by atoms with Crippen LogP contribution in [-0.4, -0.2) is 45.5 Å². The molecule has 6 heteroatoms. The van der Waals surface area contributed by atoms with E-state index in [-0.39, 0.29) is 30.0 Å². The molecule has 2 aromatic carbocycles. The molecule has 160 valence electrons. The lowest BCUT2D eigenvalue weighted by Crippen LogP contribution is -2.38. The number of nitrogens with zero attached hydrogens (tertiary/aromatic N) is 1. The van der Waals surface area contributed by atoms with Crippen molar-refractivity contribution in [1.82, 2.24) is 10.6 Å². The van der Waals surface area contributed by atoms with E-state index < -0.39 is 0 Å². The predicted octanol–water partition coefficient (Wildman–Crippen LogP) is 4.52. The second-order valence-corrected chi connectivity index (χ2v) is 7.39. The van der Waals surface area contributed by atoms with Crippen LogP contribution >= 0.6 is 24.0 Å². The summed E-state index contributed by atoms with van der Waals surface area (Å²) in [5.41, 5.74) is 1.26. The molecule has 2 unspecified atom stereocenters. The lowest BCUT2D eigenvalue weighted by atomic mass is 10.0. The van der Waals surface area contributed by atoms with Gasteiger partial charge in [-0.15, -0.1) is 24.0 Å². The fraction of sp³-hybridized carbons (Fsp3) is 0.522. The monoisotopic (exact) mass is 511 g/mol. The molecule has 1 heterocycles. The third kappa shape index (κ3) is 7.75. The minimum Gasteiger partial charge on any atom is -0.381 e. The highest BCUT2D eigenvalue weighted by Gasteiger charge is 2.15. The largest absolute Gasteiger partial charge is 0.381 e. The number of rotatable bonds is 9. The first-order valence-corrected chi connectivity index (χ1v) is 10.5. The summed E-state index contributed by atoms with van der Waals surface area (Å²) < 4.78 is 11.1. The van der Waals surface area contributed by atoms with Crippen LogP contribution in [0.1, 0.15) is 38.3 Å². The van der Waals surface area contributed by atoms with Crippen molar-refractivity contribution in [2.45, 2.75) is 32.7 Å². The van der Waals surface area contributed by atoms with Crippen molar-refractivity contribution in [2.24, 2.45) is 10.9 Å². The summed E-state index contributed by atoms with van der Waals surface area (Å²) in [7, 11) is 0. The molecule has 5 nitrogen and oxygen atoms in total. The Bertz CT molecular complexity index is 763. The highest BCUT2D eigenvalue weighted by atomic mass is 127. The van der Waals surface area contributed by atoms with Crippen LogP contribution in [0, 0.1) is 5.92 Å². The zero-order valence-corrected chi connectivity index (χ0v) is 19.9. The molecule has 0 aliphatic carbocycles. The van der Waals surface area contributed by atoms with Crippen LogP contribution in [0.25, 0.3) is 10.8 Å². The summed E-state index contributed by atoms with van der Waals surface area (Å²) in [6.07, 6.45) is 2.05. The van der Waals surface area contributed by atoms with Crippen LogP contribution in [0.3, 0.4) is 0 Å². The van der Waals surface area contributed by atoms with Crippen molar-refractivity contribution >= 4 is 40.7 Å². The molecular weight excluding hydrogens is 477 g/mol. The van der Waals surface area contributed by atoms with Crippen molar-refractivity contribution in [2.75, 3.05) is 39.5 Å². The molecule has 3 rings (SSSR count). The topological polar surface area (TPSA) is 54.9 Å². The Morgan fingerprint density at radius 1 is 1.24 bits per heavy atom. The van der Waals surface area contributed by atoms with E-state index in [1.807, 2.05) is 0 Å². The third-order valence-electron chi connectivity index (χ3n) is 5.07. The van der Waals surface area contributed by atoms with E-state index >= 15 is 0 Å². The molecule has 0 saturated carbocycles. The van der Waals surface area contributed by atoms with Gasteiger partial charge in [-0.1, -0.05) is 36.4 Å². The van der Waals surface area contributed by atoms with Gasteiger partial charge < -0.3 is 20.1 Å². The van der Waals surface area contributed by atoms with Crippen molar-refractivity contribution in [1.29, 1.82) is 0 Å². The number of hydrogen-bond donors (Lipinski definition) is 2. The first-order chi connectivity index (χ1) is 13.8. The van der Waals surface area contributed by atoms with Gasteiger partial charge in [0.1, 0.15) is 0 Å². The molecule has 1 aliphatic rings. The highest BCUT2D eigenvalue weighted by molar-refractivity contribution is 14.0. The van der Waals surface area contributed by atoms with Crippen LogP contribution in [0.4, 0.5) is 0 Å². The van der Waals surface area contributed by atoms with Gasteiger partial charge in [0, 0.05) is 32.2 Å². The Balaban J connectivity index is 0.00000300. The number of fused-ring (bicyclic) bond motifs is 1. The maximum Gasteiger partial charge on any atom is 0.191 e. The maximum atomic E-state index is 5.76. The summed E-state index contributed by atoms with van der Waals surface area (Å²) in [5.74, 6) is 1.43. The molecule has 1 saturated heterocycles. The average Bonchev–Trinajstić information content (AvgIpc) is 3.23. The van der Waals surface area contributed by atoms with Gasteiger partial charge >= 0.3 is 0 Å². The van der Waals surface area contributed by atoms with E-state index in [0.717, 1.165) is 58.3 Å². The Morgan fingerprint density at radius 2 is 2.07 bits per heavy atom. The van der Waals surface area contributed by atoms with Crippen LogP contribution in [-0.2, 0) is 9.47 Å². The van der Waals surface area contributed by atoms with Crippen LogP contribution in [0.2, 0.25) is 0 Å². The van der Waals surface area contributed by atoms with Gasteiger partial charge in [-0.05, 0) is 49.1 Å². The molecular formula is C23H34IN3O2. The number of aliphatic imine (C=N–C) groups is 1. The van der Waals surface area contributed by atoms with E-state index in [1.54, 1.807) is 0 Å². The zero-order chi connectivity index (χ0) is 19.6. The molecule has 0 amide bonds. The summed E-state index contributed by atoms with van der Waals surface area (Å²) >= 11 is 0. The number of guanidine groups is 1. The lowest BCUT2D eigenvalue weighted by Gasteiger charge is -2.18. The second kappa shape index (κ2) is 13.0. The van der Waals surface area contributed by atoms with Gasteiger partial charge in [0.2, 0.25) is 0 Å². The molecule has 0 spiro atoms. The van der Waals surface area contributed by atoms with Gasteiger partial charge in [-0.25, -0.2) is 0 Å². The van der Waals surface area contributed by atoms with Gasteiger partial charge in [0.15, 0.2) is 5.96 Å². The maximum absolute atomic E-state index is 5.76. The predicted molar refractivity (Wildman–Crippen MR) is 131 cm³/mol. The number of hydrogen-bond acceptors (Lipinski definition) is 3. The van der Waals surface area contributed by atoms with Crippen molar-refractivity contribution < 1.29 is 9.47 Å². The Hall–Kier alpha value is -1.38. The molecule has 0 bridgehead atoms. The minimum atomic E-state index is 0. The fourth-order valence-electron chi connectivity index (χ4n) is 3.41. The van der Waals surface area contributed by atoms with E-state index in [2.05, 4.69) is 66.9 Å². The molecule has 1 aliphatic heterocycles. The number of ether oxygens (including phenoxy) is 2. The van der Waals surface area contributed by atoms with Gasteiger partial charge in [0.05, 0.1) is 19.3 Å². The van der Waals surface area contributed by atoms with E-state index in [0.29, 0.717) is 5.92 Å². The molecule has 2 N–H and O–H groups in total. The Morgan fingerprint density at radius 3 is 2.83 bits per heavy atom. The summed E-state index contributed by atoms with van der Waals surface area (Å²) in [5, 5.41) is 9.38. The standard InChI is InChI=1S/C23H33N3O2.HI/c1-3-24-23(25-12-6-13-27-16-19-11-14-28-17-19)26-18(2)21-10-9-20-7-4-5-8-22(20)15-21;/h4-5,7-10,15,18-19H,3,6,11-14,16-17H2,1-2H3,(H2,24,25,26);1H. The van der Waals surface area contributed by atoms with Crippen LogP contribution in [0.5, 0.6) is 0 Å². The van der Waals surface area contributed by atoms with Crippen molar-refractivity contribution in [3.8, 4) is 0 Å². The van der Waals surface area contributed by atoms with Gasteiger partial charge in [0.25, 0.3) is 0 Å². The average molecular weight is 511 g/mol. The number of halogens is 1. The SMILES string of the molecule is CCNC(=NCCCOCC1CCOC1)NC(C)c1ccc2ccccc2c1.I. The van der Waals surface area contributed by atoms with E-state index in [4.69, 9.17) is 14.5 Å². The quantitative estimate of drug-likeness (QED) is 0.225. The molecule has 29 heavy (non-hydrogen) atoms. The Labute approximate surface area is 191 Å². The highest BCUT2D eigenvalue weighted by Crippen LogP contribution is 2.20. The molecule has 0 aromatic heterocycles. The van der Waals surface area contributed by atoms with E-state index in [9.17, 15) is 0 Å². The van der Waals surface area contributed by atoms with Crippen LogP contribution in [0.15, 0.2) is 47.5 Å². The lowest BCUT2D eigenvalue weighted by molar-refractivity contribution is 0.0893. The van der Waals surface area contributed by atoms with Gasteiger partial charge in [-0.3, -0.25) is 4.99 Å². The van der Waals surface area contributed by atoms with E-state index in [1.165, 1.54) is 16.3 Å². The molecule has 2 atom stereocenters.